The SMILES string of the molecule is COc1ccccc1CCNC(=O)C(C)(C)C(=O)Nc1ccc(N(C)C)cc1. The highest BCUT2D eigenvalue weighted by atomic mass is 16.5. The Bertz CT molecular complexity index is 814. The van der Waals surface area contributed by atoms with Crippen molar-refractivity contribution in [1.82, 2.24) is 5.32 Å². The van der Waals surface area contributed by atoms with Crippen LogP contribution in [0.3, 0.4) is 0 Å². The van der Waals surface area contributed by atoms with Crippen molar-refractivity contribution >= 4 is 23.2 Å². The van der Waals surface area contributed by atoms with E-state index in [0.29, 0.717) is 18.7 Å². The summed E-state index contributed by atoms with van der Waals surface area (Å²) in [4.78, 5) is 27.2. The Labute approximate surface area is 166 Å². The van der Waals surface area contributed by atoms with Crippen molar-refractivity contribution in [3.8, 4) is 5.75 Å². The molecule has 0 radical (unpaired) electrons. The fourth-order valence-electron chi connectivity index (χ4n) is 2.67. The number of carbonyl (C=O) groups is 2. The number of nitrogens with one attached hydrogen (secondary N) is 2. The third kappa shape index (κ3) is 5.25. The molecule has 6 nitrogen and oxygen atoms in total. The molecule has 0 saturated heterocycles. The maximum absolute atomic E-state index is 12.6. The number of anilines is 2. The van der Waals surface area contributed by atoms with Gasteiger partial charge < -0.3 is 20.3 Å². The van der Waals surface area contributed by atoms with Crippen LogP contribution in [0, 0.1) is 5.41 Å². The molecule has 0 fully saturated rings. The van der Waals surface area contributed by atoms with Gasteiger partial charge in [0, 0.05) is 32.0 Å². The Morgan fingerprint density at radius 2 is 1.64 bits per heavy atom. The number of rotatable bonds is 8. The molecule has 0 spiro atoms. The first-order valence-electron chi connectivity index (χ1n) is 9.24. The maximum atomic E-state index is 12.6. The molecule has 2 aromatic carbocycles. The minimum absolute atomic E-state index is 0.315. The van der Waals surface area contributed by atoms with Gasteiger partial charge in [-0.2, -0.15) is 0 Å². The van der Waals surface area contributed by atoms with Crippen LogP contribution in [0.15, 0.2) is 48.5 Å². The van der Waals surface area contributed by atoms with Crippen LogP contribution in [-0.4, -0.2) is 39.6 Å². The van der Waals surface area contributed by atoms with E-state index in [1.807, 2.05) is 67.5 Å². The normalized spacial score (nSPS) is 10.9. The van der Waals surface area contributed by atoms with Crippen molar-refractivity contribution in [2.45, 2.75) is 20.3 Å². The van der Waals surface area contributed by atoms with Crippen LogP contribution in [0.2, 0.25) is 0 Å². The highest BCUT2D eigenvalue weighted by Gasteiger charge is 2.35. The van der Waals surface area contributed by atoms with Crippen LogP contribution in [0.5, 0.6) is 5.75 Å². The summed E-state index contributed by atoms with van der Waals surface area (Å²) < 4.78 is 5.32. The number of carbonyl (C=O) groups excluding carboxylic acids is 2. The molecule has 0 saturated carbocycles. The lowest BCUT2D eigenvalue weighted by atomic mass is 9.90. The van der Waals surface area contributed by atoms with Crippen molar-refractivity contribution in [2.75, 3.05) is 38.0 Å². The summed E-state index contributed by atoms with van der Waals surface area (Å²) in [6.07, 6.45) is 0.624. The molecule has 0 unspecified atom stereocenters. The molecule has 6 heteroatoms. The molecule has 0 aliphatic carbocycles. The number of para-hydroxylation sites is 1. The van der Waals surface area contributed by atoms with E-state index in [-0.39, 0.29) is 11.8 Å². The Balaban J connectivity index is 1.92. The van der Waals surface area contributed by atoms with Gasteiger partial charge in [0.25, 0.3) is 0 Å². The number of benzene rings is 2. The lowest BCUT2D eigenvalue weighted by molar-refractivity contribution is -0.138. The van der Waals surface area contributed by atoms with Crippen molar-refractivity contribution in [3.05, 3.63) is 54.1 Å². The molecular weight excluding hydrogens is 354 g/mol. The molecule has 0 aliphatic rings. The van der Waals surface area contributed by atoms with E-state index < -0.39 is 5.41 Å². The van der Waals surface area contributed by atoms with Crippen molar-refractivity contribution in [1.29, 1.82) is 0 Å². The van der Waals surface area contributed by atoms with Gasteiger partial charge in [-0.3, -0.25) is 9.59 Å². The molecule has 2 rings (SSSR count). The summed E-state index contributed by atoms with van der Waals surface area (Å²) in [7, 11) is 5.52. The number of ether oxygens (including phenoxy) is 1. The third-order valence-electron chi connectivity index (χ3n) is 4.65. The number of nitrogens with zero attached hydrogens (tertiary/aromatic N) is 1. The van der Waals surface area contributed by atoms with Crippen LogP contribution >= 0.6 is 0 Å². The van der Waals surface area contributed by atoms with Crippen LogP contribution in [0.4, 0.5) is 11.4 Å². The largest absolute Gasteiger partial charge is 0.496 e. The molecule has 0 aliphatic heterocycles. The van der Waals surface area contributed by atoms with Gasteiger partial charge in [-0.05, 0) is 56.2 Å². The maximum Gasteiger partial charge on any atom is 0.239 e. The second-order valence-corrected chi connectivity index (χ2v) is 7.34. The van der Waals surface area contributed by atoms with Gasteiger partial charge in [-0.1, -0.05) is 18.2 Å². The van der Waals surface area contributed by atoms with E-state index in [2.05, 4.69) is 10.6 Å². The molecular formula is C22H29N3O3. The zero-order valence-corrected chi connectivity index (χ0v) is 17.2. The van der Waals surface area contributed by atoms with E-state index in [9.17, 15) is 9.59 Å². The van der Waals surface area contributed by atoms with Gasteiger partial charge in [0.1, 0.15) is 11.2 Å². The van der Waals surface area contributed by atoms with Crippen LogP contribution in [0.25, 0.3) is 0 Å². The summed E-state index contributed by atoms with van der Waals surface area (Å²) in [5.74, 6) is 0.125. The summed E-state index contributed by atoms with van der Waals surface area (Å²) in [5, 5.41) is 5.67. The molecule has 28 heavy (non-hydrogen) atoms. The molecule has 150 valence electrons. The van der Waals surface area contributed by atoms with E-state index in [4.69, 9.17) is 4.74 Å². The predicted molar refractivity (Wildman–Crippen MR) is 113 cm³/mol. The number of hydrogen-bond acceptors (Lipinski definition) is 4. The van der Waals surface area contributed by atoms with Crippen LogP contribution in [-0.2, 0) is 16.0 Å². The number of hydrogen-bond donors (Lipinski definition) is 2. The minimum Gasteiger partial charge on any atom is -0.496 e. The molecule has 0 heterocycles. The first-order chi connectivity index (χ1) is 13.3. The molecule has 2 amide bonds. The first kappa shape index (κ1) is 21.3. The van der Waals surface area contributed by atoms with Gasteiger partial charge in [-0.15, -0.1) is 0 Å². The fourth-order valence-corrected chi connectivity index (χ4v) is 2.67. The average Bonchev–Trinajstić information content (AvgIpc) is 2.68. The summed E-state index contributed by atoms with van der Waals surface area (Å²) in [6, 6.07) is 15.1. The Morgan fingerprint density at radius 3 is 2.25 bits per heavy atom. The van der Waals surface area contributed by atoms with Crippen LogP contribution < -0.4 is 20.3 Å². The van der Waals surface area contributed by atoms with E-state index in [0.717, 1.165) is 17.0 Å². The predicted octanol–water partition coefficient (Wildman–Crippen LogP) is 3.08. The Hall–Kier alpha value is -3.02. The van der Waals surface area contributed by atoms with E-state index in [1.54, 1.807) is 21.0 Å². The lowest BCUT2D eigenvalue weighted by Gasteiger charge is -2.23. The smallest absolute Gasteiger partial charge is 0.239 e. The highest BCUT2D eigenvalue weighted by Crippen LogP contribution is 2.22. The van der Waals surface area contributed by atoms with E-state index in [1.165, 1.54) is 0 Å². The topological polar surface area (TPSA) is 70.7 Å². The van der Waals surface area contributed by atoms with Crippen molar-refractivity contribution in [2.24, 2.45) is 5.41 Å². The van der Waals surface area contributed by atoms with Crippen LogP contribution in [0.1, 0.15) is 19.4 Å². The summed E-state index contributed by atoms with van der Waals surface area (Å²) in [5.41, 5.74) is 1.51. The zero-order valence-electron chi connectivity index (χ0n) is 17.2. The number of amides is 2. The monoisotopic (exact) mass is 383 g/mol. The quantitative estimate of drug-likeness (QED) is 0.687. The van der Waals surface area contributed by atoms with E-state index >= 15 is 0 Å². The molecule has 2 N–H and O–H groups in total. The average molecular weight is 383 g/mol. The zero-order chi connectivity index (χ0) is 20.7. The minimum atomic E-state index is -1.19. The van der Waals surface area contributed by atoms with Gasteiger partial charge in [-0.25, -0.2) is 0 Å². The fraction of sp³-hybridized carbons (Fsp3) is 0.364. The van der Waals surface area contributed by atoms with Gasteiger partial charge in [0.2, 0.25) is 11.8 Å². The third-order valence-corrected chi connectivity index (χ3v) is 4.65. The molecule has 0 bridgehead atoms. The summed E-state index contributed by atoms with van der Waals surface area (Å²) in [6.45, 7) is 3.66. The second-order valence-electron chi connectivity index (χ2n) is 7.34. The van der Waals surface area contributed by atoms with Crippen molar-refractivity contribution < 1.29 is 14.3 Å². The second kappa shape index (κ2) is 9.26. The Morgan fingerprint density at radius 1 is 1.00 bits per heavy atom. The van der Waals surface area contributed by atoms with Gasteiger partial charge >= 0.3 is 0 Å². The standard InChI is InChI=1S/C22H29N3O3/c1-22(2,21(27)24-17-10-12-18(13-11-17)25(3)4)20(26)23-15-14-16-8-6-7-9-19(16)28-5/h6-13H,14-15H2,1-5H3,(H,23,26)(H,24,27). The molecule has 0 aromatic heterocycles. The van der Waals surface area contributed by atoms with Gasteiger partial charge in [0.05, 0.1) is 7.11 Å². The Kier molecular flexibility index (Phi) is 7.04. The molecule has 2 aromatic rings. The highest BCUT2D eigenvalue weighted by molar-refractivity contribution is 6.09. The lowest BCUT2D eigenvalue weighted by Crippen LogP contribution is -2.45. The first-order valence-corrected chi connectivity index (χ1v) is 9.24. The number of methoxy groups -OCH3 is 1. The van der Waals surface area contributed by atoms with Gasteiger partial charge in [0.15, 0.2) is 0 Å². The molecule has 0 atom stereocenters. The summed E-state index contributed by atoms with van der Waals surface area (Å²) >= 11 is 0. The van der Waals surface area contributed by atoms with Crippen molar-refractivity contribution in [3.63, 3.8) is 0 Å².